The molecule has 1 amide bonds. The number of anilines is 2. The fraction of sp³-hybridized carbons (Fsp3) is 0.333. The van der Waals surface area contributed by atoms with Gasteiger partial charge in [-0.15, -0.1) is 0 Å². The number of rotatable bonds is 2. The molecule has 82 valence electrons. The molecule has 0 bridgehead atoms. The molecule has 1 heterocycles. The van der Waals surface area contributed by atoms with Crippen LogP contribution in [0.5, 0.6) is 0 Å². The van der Waals surface area contributed by atoms with Crippen molar-refractivity contribution >= 4 is 23.0 Å². The van der Waals surface area contributed by atoms with Crippen molar-refractivity contribution in [2.75, 3.05) is 10.7 Å². The van der Waals surface area contributed by atoms with Crippen LogP contribution in [-0.4, -0.2) is 11.6 Å². The first kappa shape index (κ1) is 9.39. The van der Waals surface area contributed by atoms with Crippen LogP contribution in [0.4, 0.5) is 11.4 Å². The van der Waals surface area contributed by atoms with E-state index in [0.717, 1.165) is 5.71 Å². The molecule has 0 atom stereocenters. The summed E-state index contributed by atoms with van der Waals surface area (Å²) in [7, 11) is 0. The number of carbonyl (C=O) groups excluding carboxylic acids is 1. The van der Waals surface area contributed by atoms with Gasteiger partial charge < -0.3 is 5.73 Å². The lowest BCUT2D eigenvalue weighted by Crippen LogP contribution is -2.20. The van der Waals surface area contributed by atoms with Gasteiger partial charge in [-0.3, -0.25) is 4.79 Å². The van der Waals surface area contributed by atoms with Crippen LogP contribution in [0.2, 0.25) is 0 Å². The van der Waals surface area contributed by atoms with E-state index in [1.54, 1.807) is 6.07 Å². The average molecular weight is 215 g/mol. The predicted octanol–water partition coefficient (Wildman–Crippen LogP) is 1.77. The second-order valence-corrected chi connectivity index (χ2v) is 4.31. The Hall–Kier alpha value is -1.84. The summed E-state index contributed by atoms with van der Waals surface area (Å²) in [6.07, 6.45) is 2.80. The Balaban J connectivity index is 1.95. The number of nitrogens with two attached hydrogens (primary N) is 1. The summed E-state index contributed by atoms with van der Waals surface area (Å²) in [6.45, 7) is 0. The topological polar surface area (TPSA) is 58.7 Å². The van der Waals surface area contributed by atoms with Crippen molar-refractivity contribution in [2.45, 2.75) is 19.3 Å². The van der Waals surface area contributed by atoms with Gasteiger partial charge in [0.15, 0.2) is 0 Å². The maximum atomic E-state index is 11.8. The minimum absolute atomic E-state index is 0.0276. The molecular weight excluding hydrogens is 202 g/mol. The van der Waals surface area contributed by atoms with E-state index in [1.807, 2.05) is 18.2 Å². The summed E-state index contributed by atoms with van der Waals surface area (Å²) >= 11 is 0. The number of amides is 1. The Bertz CT molecular complexity index is 477. The lowest BCUT2D eigenvalue weighted by atomic mass is 10.2. The molecule has 1 fully saturated rings. The van der Waals surface area contributed by atoms with E-state index in [2.05, 4.69) is 5.10 Å². The van der Waals surface area contributed by atoms with Gasteiger partial charge in [-0.2, -0.15) is 10.1 Å². The molecule has 0 radical (unpaired) electrons. The number of para-hydroxylation sites is 2. The van der Waals surface area contributed by atoms with Crippen LogP contribution in [0.1, 0.15) is 19.3 Å². The molecule has 0 saturated heterocycles. The Kier molecular flexibility index (Phi) is 1.96. The van der Waals surface area contributed by atoms with Crippen LogP contribution in [0, 0.1) is 5.92 Å². The minimum atomic E-state index is 0.0276. The summed E-state index contributed by atoms with van der Waals surface area (Å²) in [5.41, 5.74) is 8.15. The quantitative estimate of drug-likeness (QED) is 0.764. The molecule has 4 nitrogen and oxygen atoms in total. The second-order valence-electron chi connectivity index (χ2n) is 4.31. The van der Waals surface area contributed by atoms with Gasteiger partial charge in [-0.05, 0) is 30.9 Å². The van der Waals surface area contributed by atoms with Crippen LogP contribution >= 0.6 is 0 Å². The molecule has 0 unspecified atom stereocenters. The van der Waals surface area contributed by atoms with Gasteiger partial charge >= 0.3 is 0 Å². The molecule has 4 heteroatoms. The van der Waals surface area contributed by atoms with E-state index in [-0.39, 0.29) is 5.91 Å². The van der Waals surface area contributed by atoms with Crippen LogP contribution in [0.3, 0.4) is 0 Å². The van der Waals surface area contributed by atoms with Crippen LogP contribution in [0.25, 0.3) is 0 Å². The fourth-order valence-electron chi connectivity index (χ4n) is 1.96. The van der Waals surface area contributed by atoms with Gasteiger partial charge in [-0.1, -0.05) is 12.1 Å². The number of nitrogens with zero attached hydrogens (tertiary/aromatic N) is 2. The van der Waals surface area contributed by atoms with E-state index in [0.29, 0.717) is 23.7 Å². The zero-order valence-electron chi connectivity index (χ0n) is 8.89. The molecule has 1 saturated carbocycles. The number of nitrogen functional groups attached to an aromatic ring is 1. The third kappa shape index (κ3) is 1.46. The highest BCUT2D eigenvalue weighted by Gasteiger charge is 2.35. The molecule has 1 aliphatic heterocycles. The summed E-state index contributed by atoms with van der Waals surface area (Å²) in [5.74, 6) is 0.568. The first-order valence-corrected chi connectivity index (χ1v) is 5.50. The highest BCUT2D eigenvalue weighted by molar-refractivity contribution is 6.15. The maximum absolute atomic E-state index is 11.8. The molecule has 2 N–H and O–H groups in total. The van der Waals surface area contributed by atoms with Crippen molar-refractivity contribution in [1.82, 2.24) is 0 Å². The Morgan fingerprint density at radius 3 is 2.75 bits per heavy atom. The van der Waals surface area contributed by atoms with Crippen molar-refractivity contribution in [1.29, 1.82) is 0 Å². The fourth-order valence-corrected chi connectivity index (χ4v) is 1.96. The smallest absolute Gasteiger partial charge is 0.253 e. The third-order valence-corrected chi connectivity index (χ3v) is 3.01. The van der Waals surface area contributed by atoms with Crippen LogP contribution < -0.4 is 10.7 Å². The van der Waals surface area contributed by atoms with Crippen molar-refractivity contribution in [2.24, 2.45) is 11.0 Å². The first-order valence-electron chi connectivity index (χ1n) is 5.50. The lowest BCUT2D eigenvalue weighted by molar-refractivity contribution is -0.116. The largest absolute Gasteiger partial charge is 0.397 e. The highest BCUT2D eigenvalue weighted by atomic mass is 16.2. The predicted molar refractivity (Wildman–Crippen MR) is 63.1 cm³/mol. The van der Waals surface area contributed by atoms with Crippen molar-refractivity contribution in [3.05, 3.63) is 24.3 Å². The van der Waals surface area contributed by atoms with E-state index < -0.39 is 0 Å². The highest BCUT2D eigenvalue weighted by Crippen LogP contribution is 2.36. The van der Waals surface area contributed by atoms with E-state index in [9.17, 15) is 4.79 Å². The molecule has 1 aliphatic carbocycles. The van der Waals surface area contributed by atoms with Crippen LogP contribution in [0.15, 0.2) is 29.4 Å². The molecule has 0 spiro atoms. The minimum Gasteiger partial charge on any atom is -0.397 e. The van der Waals surface area contributed by atoms with Gasteiger partial charge in [-0.25, -0.2) is 0 Å². The average Bonchev–Trinajstić information content (AvgIpc) is 3.04. The maximum Gasteiger partial charge on any atom is 0.253 e. The summed E-state index contributed by atoms with van der Waals surface area (Å²) in [6, 6.07) is 7.33. The molecule has 2 aliphatic rings. The number of hydrogen-bond donors (Lipinski definition) is 1. The number of carbonyl (C=O) groups is 1. The second kappa shape index (κ2) is 3.33. The lowest BCUT2D eigenvalue weighted by Gasteiger charge is -2.13. The summed E-state index contributed by atoms with van der Waals surface area (Å²) < 4.78 is 0. The van der Waals surface area contributed by atoms with E-state index in [1.165, 1.54) is 17.9 Å². The number of hydrazone groups is 1. The number of benzene rings is 1. The normalized spacial score (nSPS) is 20.1. The molecule has 1 aromatic carbocycles. The molecule has 16 heavy (non-hydrogen) atoms. The molecule has 3 rings (SSSR count). The van der Waals surface area contributed by atoms with Gasteiger partial charge in [0.2, 0.25) is 0 Å². The SMILES string of the molecule is Nc1ccccc1N1N=C(C2CC2)CC1=O. The Morgan fingerprint density at radius 2 is 2.06 bits per heavy atom. The standard InChI is InChI=1S/C12H13N3O/c13-9-3-1-2-4-11(9)15-12(16)7-10(14-15)8-5-6-8/h1-4,8H,5-7,13H2. The Morgan fingerprint density at radius 1 is 1.31 bits per heavy atom. The summed E-state index contributed by atoms with van der Waals surface area (Å²) in [5, 5.41) is 5.83. The number of hydrogen-bond acceptors (Lipinski definition) is 3. The molecule has 1 aromatic rings. The van der Waals surface area contributed by atoms with Crippen molar-refractivity contribution in [3.8, 4) is 0 Å². The summed E-state index contributed by atoms with van der Waals surface area (Å²) in [4.78, 5) is 11.8. The van der Waals surface area contributed by atoms with Crippen LogP contribution in [-0.2, 0) is 4.79 Å². The third-order valence-electron chi connectivity index (χ3n) is 3.01. The zero-order valence-corrected chi connectivity index (χ0v) is 8.89. The van der Waals surface area contributed by atoms with Gasteiger partial charge in [0, 0.05) is 0 Å². The zero-order chi connectivity index (χ0) is 11.1. The monoisotopic (exact) mass is 215 g/mol. The molecule has 0 aromatic heterocycles. The van der Waals surface area contributed by atoms with Gasteiger partial charge in [0.25, 0.3) is 5.91 Å². The van der Waals surface area contributed by atoms with E-state index in [4.69, 9.17) is 5.73 Å². The first-order chi connectivity index (χ1) is 7.75. The Labute approximate surface area is 93.7 Å². The molecular formula is C12H13N3O. The van der Waals surface area contributed by atoms with Gasteiger partial charge in [0.05, 0.1) is 23.5 Å². The van der Waals surface area contributed by atoms with Crippen molar-refractivity contribution < 1.29 is 4.79 Å². The van der Waals surface area contributed by atoms with E-state index >= 15 is 0 Å². The van der Waals surface area contributed by atoms with Crippen molar-refractivity contribution in [3.63, 3.8) is 0 Å². The van der Waals surface area contributed by atoms with Gasteiger partial charge in [0.1, 0.15) is 0 Å².